The third kappa shape index (κ3) is 4.19. The number of nitrogens with zero attached hydrogens (tertiary/aromatic N) is 1. The molecule has 0 radical (unpaired) electrons. The normalized spacial score (nSPS) is 12.6. The van der Waals surface area contributed by atoms with E-state index in [1.54, 1.807) is 11.8 Å². The fraction of sp³-hybridized carbons (Fsp3) is 0.143. The van der Waals surface area contributed by atoms with E-state index in [9.17, 15) is 4.79 Å². The van der Waals surface area contributed by atoms with Gasteiger partial charge in [0.05, 0.1) is 0 Å². The van der Waals surface area contributed by atoms with Crippen molar-refractivity contribution in [2.45, 2.75) is 0 Å². The predicted octanol–water partition coefficient (Wildman–Crippen LogP) is 3.02. The summed E-state index contributed by atoms with van der Waals surface area (Å²) < 4.78 is 0. The van der Waals surface area contributed by atoms with E-state index in [1.165, 1.54) is 11.8 Å². The van der Waals surface area contributed by atoms with Gasteiger partial charge in [0.15, 0.2) is 0 Å². The van der Waals surface area contributed by atoms with Crippen molar-refractivity contribution in [3.63, 3.8) is 0 Å². The summed E-state index contributed by atoms with van der Waals surface area (Å²) in [6.45, 7) is 0. The summed E-state index contributed by atoms with van der Waals surface area (Å²) in [6, 6.07) is 11.7. The molecule has 3 nitrogen and oxygen atoms in total. The van der Waals surface area contributed by atoms with E-state index in [0.717, 1.165) is 10.5 Å². The number of allylic oxidation sites excluding steroid dienone is 1. The number of carbonyl (C=O) groups excluding carboxylic acids is 1. The summed E-state index contributed by atoms with van der Waals surface area (Å²) >= 11 is 2.89. The molecule has 1 amide bonds. The summed E-state index contributed by atoms with van der Waals surface area (Å²) in [5.74, 6) is -0.698. The average molecular weight is 290 g/mol. The molecular weight excluding hydrogens is 276 g/mol. The molecule has 0 heterocycles. The minimum atomic E-state index is -0.698. The summed E-state index contributed by atoms with van der Waals surface area (Å²) in [7, 11) is 0. The molecule has 1 rings (SSSR count). The number of primary amides is 1. The molecule has 1 aromatic rings. The highest BCUT2D eigenvalue weighted by atomic mass is 32.2. The highest BCUT2D eigenvalue weighted by Gasteiger charge is 2.11. The first-order valence-corrected chi connectivity index (χ1v) is 7.88. The molecule has 2 N–H and O–H groups in total. The van der Waals surface area contributed by atoms with Crippen LogP contribution in [0.1, 0.15) is 5.56 Å². The molecule has 0 atom stereocenters. The first-order chi connectivity index (χ1) is 9.13. The van der Waals surface area contributed by atoms with E-state index >= 15 is 0 Å². The first kappa shape index (κ1) is 15.4. The van der Waals surface area contributed by atoms with Crippen LogP contribution in [0.3, 0.4) is 0 Å². The van der Waals surface area contributed by atoms with Gasteiger partial charge >= 0.3 is 0 Å². The number of amides is 1. The van der Waals surface area contributed by atoms with E-state index in [0.29, 0.717) is 4.91 Å². The molecule has 0 aliphatic rings. The van der Waals surface area contributed by atoms with Crippen LogP contribution in [0.15, 0.2) is 46.9 Å². The van der Waals surface area contributed by atoms with Gasteiger partial charge in [-0.05, 0) is 24.2 Å². The molecule has 0 fully saturated rings. The van der Waals surface area contributed by atoms with E-state index in [-0.39, 0.29) is 5.57 Å². The monoisotopic (exact) mass is 290 g/mol. The zero-order chi connectivity index (χ0) is 14.3. The zero-order valence-corrected chi connectivity index (χ0v) is 12.3. The summed E-state index contributed by atoms with van der Waals surface area (Å²) in [6.07, 6.45) is 5.59. The van der Waals surface area contributed by atoms with Gasteiger partial charge in [-0.2, -0.15) is 5.26 Å². The largest absolute Gasteiger partial charge is 0.365 e. The van der Waals surface area contributed by atoms with Crippen molar-refractivity contribution in [2.75, 3.05) is 12.5 Å². The van der Waals surface area contributed by atoms with E-state index in [2.05, 4.69) is 0 Å². The van der Waals surface area contributed by atoms with Crippen LogP contribution in [0.2, 0.25) is 0 Å². The highest BCUT2D eigenvalue weighted by molar-refractivity contribution is 8.07. The van der Waals surface area contributed by atoms with Gasteiger partial charge < -0.3 is 5.73 Å². The topological polar surface area (TPSA) is 66.9 Å². The second-order valence-electron chi connectivity index (χ2n) is 3.50. The van der Waals surface area contributed by atoms with Crippen molar-refractivity contribution >= 4 is 34.3 Å². The van der Waals surface area contributed by atoms with Gasteiger partial charge in [-0.25, -0.2) is 0 Å². The minimum absolute atomic E-state index is 0.00465. The SMILES string of the molecule is CSC(/C=C(/SC)c1ccccc1)=C(/C#N)C(N)=O. The highest BCUT2D eigenvalue weighted by Crippen LogP contribution is 2.30. The Kier molecular flexibility index (Phi) is 6.26. The van der Waals surface area contributed by atoms with Crippen molar-refractivity contribution in [3.05, 3.63) is 52.4 Å². The van der Waals surface area contributed by atoms with Gasteiger partial charge in [0, 0.05) is 9.81 Å². The Labute approximate surface area is 121 Å². The van der Waals surface area contributed by atoms with Crippen molar-refractivity contribution in [2.24, 2.45) is 5.73 Å². The third-order valence-electron chi connectivity index (χ3n) is 2.36. The third-order valence-corrected chi connectivity index (χ3v) is 3.92. The molecule has 19 heavy (non-hydrogen) atoms. The van der Waals surface area contributed by atoms with Crippen LogP contribution in [-0.2, 0) is 4.79 Å². The van der Waals surface area contributed by atoms with Crippen molar-refractivity contribution in [3.8, 4) is 6.07 Å². The minimum Gasteiger partial charge on any atom is -0.365 e. The lowest BCUT2D eigenvalue weighted by Crippen LogP contribution is -2.13. The van der Waals surface area contributed by atoms with Crippen LogP contribution in [0, 0.1) is 11.3 Å². The van der Waals surface area contributed by atoms with Gasteiger partial charge in [-0.15, -0.1) is 23.5 Å². The van der Waals surface area contributed by atoms with Crippen LogP contribution in [0.4, 0.5) is 0 Å². The first-order valence-electron chi connectivity index (χ1n) is 5.43. The maximum atomic E-state index is 11.2. The average Bonchev–Trinajstić information content (AvgIpc) is 2.43. The van der Waals surface area contributed by atoms with Crippen LogP contribution in [-0.4, -0.2) is 18.4 Å². The number of hydrogen-bond donors (Lipinski definition) is 1. The Balaban J connectivity index is 3.30. The van der Waals surface area contributed by atoms with Gasteiger partial charge in [-0.3, -0.25) is 4.79 Å². The molecule has 98 valence electrons. The smallest absolute Gasteiger partial charge is 0.260 e. The van der Waals surface area contributed by atoms with Gasteiger partial charge in [0.25, 0.3) is 5.91 Å². The number of rotatable bonds is 5. The Bertz CT molecular complexity index is 557. The summed E-state index contributed by atoms with van der Waals surface area (Å²) in [4.78, 5) is 12.8. The van der Waals surface area contributed by atoms with Crippen molar-refractivity contribution in [1.29, 1.82) is 5.26 Å². The lowest BCUT2D eigenvalue weighted by Gasteiger charge is -2.06. The Morgan fingerprint density at radius 3 is 2.32 bits per heavy atom. The summed E-state index contributed by atoms with van der Waals surface area (Å²) in [5.41, 5.74) is 6.25. The van der Waals surface area contributed by atoms with E-state index < -0.39 is 5.91 Å². The molecule has 0 bridgehead atoms. The Hall–Kier alpha value is -1.64. The van der Waals surface area contributed by atoms with Crippen molar-refractivity contribution < 1.29 is 4.79 Å². The van der Waals surface area contributed by atoms with Crippen LogP contribution >= 0.6 is 23.5 Å². The number of nitriles is 1. The van der Waals surface area contributed by atoms with Gasteiger partial charge in [0.2, 0.25) is 0 Å². The fourth-order valence-corrected chi connectivity index (χ4v) is 2.71. The van der Waals surface area contributed by atoms with Crippen molar-refractivity contribution in [1.82, 2.24) is 0 Å². The Morgan fingerprint density at radius 1 is 1.26 bits per heavy atom. The number of hydrogen-bond acceptors (Lipinski definition) is 4. The summed E-state index contributed by atoms with van der Waals surface area (Å²) in [5, 5.41) is 9.00. The molecule has 1 aromatic carbocycles. The molecule has 0 aromatic heterocycles. The molecule has 0 saturated heterocycles. The molecule has 0 aliphatic heterocycles. The van der Waals surface area contributed by atoms with E-state index in [4.69, 9.17) is 11.0 Å². The van der Waals surface area contributed by atoms with Crippen LogP contribution in [0.5, 0.6) is 0 Å². The van der Waals surface area contributed by atoms with E-state index in [1.807, 2.05) is 55.0 Å². The lowest BCUT2D eigenvalue weighted by atomic mass is 10.2. The lowest BCUT2D eigenvalue weighted by molar-refractivity contribution is -0.114. The number of benzene rings is 1. The second kappa shape index (κ2) is 7.72. The van der Waals surface area contributed by atoms with Crippen LogP contribution in [0.25, 0.3) is 4.91 Å². The molecule has 0 saturated carbocycles. The zero-order valence-electron chi connectivity index (χ0n) is 10.7. The van der Waals surface area contributed by atoms with Crippen LogP contribution < -0.4 is 5.73 Å². The number of thioether (sulfide) groups is 2. The molecule has 5 heteroatoms. The fourth-order valence-electron chi connectivity index (χ4n) is 1.45. The molecule has 0 spiro atoms. The molecular formula is C14H14N2OS2. The quantitative estimate of drug-likeness (QED) is 0.514. The standard InChI is InChI=1S/C14H14N2OS2/c1-18-12(10-6-4-3-5-7-10)8-13(19-2)11(9-15)14(16)17/h3-8H,1-2H3,(H2,16,17)/b12-8+,13-11-. The number of carbonyl (C=O) groups is 1. The molecule has 0 aliphatic carbocycles. The Morgan fingerprint density at radius 2 is 1.89 bits per heavy atom. The maximum Gasteiger partial charge on any atom is 0.260 e. The predicted molar refractivity (Wildman–Crippen MR) is 83.3 cm³/mol. The van der Waals surface area contributed by atoms with Gasteiger partial charge in [0.1, 0.15) is 11.6 Å². The molecule has 0 unspecified atom stereocenters. The van der Waals surface area contributed by atoms with Gasteiger partial charge in [-0.1, -0.05) is 30.3 Å². The number of nitrogens with two attached hydrogens (primary N) is 1. The maximum absolute atomic E-state index is 11.2. The second-order valence-corrected chi connectivity index (χ2v) is 5.19.